The molecule has 0 atom stereocenters. The number of rotatable bonds is 7. The van der Waals surface area contributed by atoms with Gasteiger partial charge in [0.15, 0.2) is 0 Å². The molecule has 4 N–H and O–H groups in total. The van der Waals surface area contributed by atoms with Crippen LogP contribution in [0.2, 0.25) is 0 Å². The Morgan fingerprint density at radius 3 is 2.67 bits per heavy atom. The zero-order chi connectivity index (χ0) is 13.5. The molecule has 0 aliphatic heterocycles. The summed E-state index contributed by atoms with van der Waals surface area (Å²) < 4.78 is 0. The molecule has 1 aromatic rings. The van der Waals surface area contributed by atoms with Crippen LogP contribution in [-0.2, 0) is 4.79 Å². The van der Waals surface area contributed by atoms with Gasteiger partial charge in [0.2, 0.25) is 10.9 Å². The minimum Gasteiger partial charge on any atom is -0.476 e. The van der Waals surface area contributed by atoms with Gasteiger partial charge in [-0.2, -0.15) is 0 Å². The minimum absolute atomic E-state index is 0.117. The number of hydrogen-bond acceptors (Lipinski definition) is 5. The molecule has 18 heavy (non-hydrogen) atoms. The van der Waals surface area contributed by atoms with Gasteiger partial charge in [-0.25, -0.2) is 9.78 Å². The number of thiazole rings is 1. The number of aromatic nitrogens is 1. The molecule has 0 saturated carbocycles. The molecule has 8 heteroatoms. The molecule has 0 aliphatic carbocycles. The largest absolute Gasteiger partial charge is 0.476 e. The number of nitrogens with two attached hydrogens (primary N) is 1. The maximum Gasteiger partial charge on any atom is 0.365 e. The third-order valence-electron chi connectivity index (χ3n) is 2.05. The Kier molecular flexibility index (Phi) is 5.25. The van der Waals surface area contributed by atoms with Gasteiger partial charge in [0, 0.05) is 13.0 Å². The molecule has 1 aromatic heterocycles. The van der Waals surface area contributed by atoms with E-state index in [4.69, 9.17) is 10.8 Å². The van der Waals surface area contributed by atoms with Crippen LogP contribution >= 0.6 is 11.3 Å². The van der Waals surface area contributed by atoms with Crippen LogP contribution in [0.5, 0.6) is 0 Å². The van der Waals surface area contributed by atoms with Crippen LogP contribution in [0, 0.1) is 0 Å². The molecule has 1 rings (SSSR count). The summed E-state index contributed by atoms with van der Waals surface area (Å²) in [5.74, 6) is -1.88. The zero-order valence-corrected chi connectivity index (χ0v) is 10.3. The van der Waals surface area contributed by atoms with E-state index >= 15 is 0 Å². The highest BCUT2D eigenvalue weighted by molar-refractivity contribution is 7.15. The summed E-state index contributed by atoms with van der Waals surface area (Å²) in [6, 6.07) is 0. The third-order valence-corrected chi connectivity index (χ3v) is 3.03. The summed E-state index contributed by atoms with van der Waals surface area (Å²) in [4.78, 5) is 36.4. The Morgan fingerprint density at radius 1 is 1.39 bits per heavy atom. The number of nitrogens with one attached hydrogen (secondary N) is 1. The van der Waals surface area contributed by atoms with Crippen LogP contribution in [0.3, 0.4) is 0 Å². The lowest BCUT2D eigenvalue weighted by Gasteiger charge is -2.01. The molecular weight excluding hydrogens is 258 g/mol. The van der Waals surface area contributed by atoms with Gasteiger partial charge in [-0.1, -0.05) is 0 Å². The van der Waals surface area contributed by atoms with Crippen molar-refractivity contribution in [2.45, 2.75) is 19.3 Å². The Bertz CT molecular complexity index is 458. The maximum atomic E-state index is 11.6. The molecule has 0 radical (unpaired) electrons. The van der Waals surface area contributed by atoms with Crippen LogP contribution in [0.4, 0.5) is 0 Å². The Balaban J connectivity index is 2.32. The Morgan fingerprint density at radius 2 is 2.11 bits per heavy atom. The average molecular weight is 271 g/mol. The Labute approximate surface area is 107 Å². The normalized spacial score (nSPS) is 10.0. The van der Waals surface area contributed by atoms with E-state index in [1.807, 2.05) is 0 Å². The van der Waals surface area contributed by atoms with Crippen LogP contribution < -0.4 is 11.1 Å². The fraction of sp³-hybridized carbons (Fsp3) is 0.400. The Hall–Kier alpha value is -1.96. The lowest BCUT2D eigenvalue weighted by atomic mass is 10.2. The second-order valence-corrected chi connectivity index (χ2v) is 4.54. The van der Waals surface area contributed by atoms with Gasteiger partial charge in [-0.3, -0.25) is 9.59 Å². The van der Waals surface area contributed by atoms with Gasteiger partial charge >= 0.3 is 5.97 Å². The van der Waals surface area contributed by atoms with Crippen LogP contribution in [0.15, 0.2) is 6.20 Å². The van der Waals surface area contributed by atoms with Crippen molar-refractivity contribution < 1.29 is 19.5 Å². The van der Waals surface area contributed by atoms with Crippen LogP contribution in [-0.4, -0.2) is 34.4 Å². The number of unbranched alkanes of at least 4 members (excludes halogenated alkanes) is 1. The molecule has 0 aliphatic rings. The summed E-state index contributed by atoms with van der Waals surface area (Å²) >= 11 is 0.821. The van der Waals surface area contributed by atoms with Crippen LogP contribution in [0.25, 0.3) is 0 Å². The van der Waals surface area contributed by atoms with E-state index in [0.717, 1.165) is 11.3 Å². The third kappa shape index (κ3) is 4.50. The fourth-order valence-electron chi connectivity index (χ4n) is 1.19. The second-order valence-electron chi connectivity index (χ2n) is 3.51. The predicted octanol–water partition coefficient (Wildman–Crippen LogP) is 0.227. The highest BCUT2D eigenvalue weighted by Crippen LogP contribution is 2.12. The van der Waals surface area contributed by atoms with Crippen molar-refractivity contribution in [1.29, 1.82) is 0 Å². The van der Waals surface area contributed by atoms with Crippen molar-refractivity contribution in [1.82, 2.24) is 10.3 Å². The molecule has 0 unspecified atom stereocenters. The molecule has 0 fully saturated rings. The first-order chi connectivity index (χ1) is 8.50. The highest BCUT2D eigenvalue weighted by Gasteiger charge is 2.13. The number of nitrogens with zero attached hydrogens (tertiary/aromatic N) is 1. The van der Waals surface area contributed by atoms with Crippen molar-refractivity contribution in [3.05, 3.63) is 16.1 Å². The minimum atomic E-state index is -1.15. The first kappa shape index (κ1) is 14.1. The first-order valence-electron chi connectivity index (χ1n) is 5.26. The number of primary amides is 1. The standard InChI is InChI=1S/C10H13N3O4S/c11-7(14)3-1-2-4-12-8(15)6-5-13-9(18-6)10(16)17/h5H,1-4H2,(H2,11,14)(H,12,15)(H,16,17). The zero-order valence-electron chi connectivity index (χ0n) is 9.51. The van der Waals surface area contributed by atoms with Crippen molar-refractivity contribution in [2.75, 3.05) is 6.54 Å². The number of carboxylic acids is 1. The van der Waals surface area contributed by atoms with E-state index in [-0.39, 0.29) is 21.7 Å². The number of carbonyl (C=O) groups excluding carboxylic acids is 2. The number of hydrogen-bond donors (Lipinski definition) is 3. The molecule has 2 amide bonds. The number of aromatic carboxylic acids is 1. The summed E-state index contributed by atoms with van der Waals surface area (Å²) in [7, 11) is 0. The van der Waals surface area contributed by atoms with Gasteiger partial charge in [-0.05, 0) is 12.8 Å². The summed E-state index contributed by atoms with van der Waals surface area (Å²) in [5, 5.41) is 11.1. The maximum absolute atomic E-state index is 11.6. The van der Waals surface area contributed by atoms with Gasteiger partial charge in [0.25, 0.3) is 5.91 Å². The molecule has 0 saturated heterocycles. The molecule has 1 heterocycles. The molecule has 0 spiro atoms. The van der Waals surface area contributed by atoms with Crippen molar-refractivity contribution in [3.63, 3.8) is 0 Å². The predicted molar refractivity (Wildman–Crippen MR) is 64.5 cm³/mol. The van der Waals surface area contributed by atoms with Crippen molar-refractivity contribution in [2.24, 2.45) is 5.73 Å². The summed E-state index contributed by atoms with van der Waals surface area (Å²) in [6.45, 7) is 0.409. The fourth-order valence-corrected chi connectivity index (χ4v) is 1.86. The summed E-state index contributed by atoms with van der Waals surface area (Å²) in [5.41, 5.74) is 4.97. The van der Waals surface area contributed by atoms with Crippen molar-refractivity contribution >= 4 is 29.1 Å². The van der Waals surface area contributed by atoms with Crippen LogP contribution in [0.1, 0.15) is 38.7 Å². The quantitative estimate of drug-likeness (QED) is 0.612. The molecule has 98 valence electrons. The average Bonchev–Trinajstić information content (AvgIpc) is 2.77. The van der Waals surface area contributed by atoms with E-state index in [9.17, 15) is 14.4 Å². The number of carboxylic acid groups (broad SMARTS) is 1. The van der Waals surface area contributed by atoms with Gasteiger partial charge < -0.3 is 16.2 Å². The van der Waals surface area contributed by atoms with Gasteiger partial charge in [0.1, 0.15) is 4.88 Å². The first-order valence-corrected chi connectivity index (χ1v) is 6.08. The van der Waals surface area contributed by atoms with E-state index in [2.05, 4.69) is 10.3 Å². The molecule has 0 bridgehead atoms. The molecular formula is C10H13N3O4S. The lowest BCUT2D eigenvalue weighted by molar-refractivity contribution is -0.118. The smallest absolute Gasteiger partial charge is 0.365 e. The highest BCUT2D eigenvalue weighted by atomic mass is 32.1. The van der Waals surface area contributed by atoms with Gasteiger partial charge in [-0.15, -0.1) is 11.3 Å². The SMILES string of the molecule is NC(=O)CCCCNC(=O)c1cnc(C(=O)O)s1. The van der Waals surface area contributed by atoms with Gasteiger partial charge in [0.05, 0.1) is 6.20 Å². The molecule has 0 aromatic carbocycles. The van der Waals surface area contributed by atoms with E-state index in [0.29, 0.717) is 25.8 Å². The van der Waals surface area contributed by atoms with E-state index < -0.39 is 5.97 Å². The van der Waals surface area contributed by atoms with E-state index in [1.165, 1.54) is 6.20 Å². The molecule has 7 nitrogen and oxygen atoms in total. The van der Waals surface area contributed by atoms with E-state index in [1.54, 1.807) is 0 Å². The topological polar surface area (TPSA) is 122 Å². The number of carbonyl (C=O) groups is 3. The van der Waals surface area contributed by atoms with Crippen molar-refractivity contribution in [3.8, 4) is 0 Å². The number of amides is 2. The summed E-state index contributed by atoms with van der Waals surface area (Å²) in [6.07, 6.45) is 2.77. The lowest BCUT2D eigenvalue weighted by Crippen LogP contribution is -2.23. The second kappa shape index (κ2) is 6.70. The monoisotopic (exact) mass is 271 g/mol.